The van der Waals surface area contributed by atoms with E-state index in [-0.39, 0.29) is 12.1 Å². The Labute approximate surface area is 79.4 Å². The van der Waals surface area contributed by atoms with Crippen LogP contribution >= 0.6 is 0 Å². The third-order valence-corrected chi connectivity index (χ3v) is 1.49. The third-order valence-electron chi connectivity index (χ3n) is 1.49. The maximum absolute atomic E-state index is 10.4. The molecule has 0 fully saturated rings. The molecule has 0 aromatic rings. The molecular weight excluding hydrogens is 168 g/mol. The second-order valence-electron chi connectivity index (χ2n) is 3.00. The van der Waals surface area contributed by atoms with E-state index in [0.717, 1.165) is 19.3 Å². The van der Waals surface area contributed by atoms with Crippen LogP contribution < -0.4 is 0 Å². The molecule has 0 heterocycles. The van der Waals surface area contributed by atoms with E-state index in [2.05, 4.69) is 0 Å². The molecule has 0 spiro atoms. The fraction of sp³-hybridized carbons (Fsp3) is 0.700. The van der Waals surface area contributed by atoms with Crippen LogP contribution in [0.2, 0.25) is 0 Å². The molecule has 1 N–H and O–H groups in total. The lowest BCUT2D eigenvalue weighted by Gasteiger charge is -1.99. The van der Waals surface area contributed by atoms with Crippen molar-refractivity contribution >= 4 is 5.97 Å². The van der Waals surface area contributed by atoms with Crippen molar-refractivity contribution in [3.63, 3.8) is 0 Å². The summed E-state index contributed by atoms with van der Waals surface area (Å²) in [6.07, 6.45) is 6.12. The molecule has 0 amide bonds. The molecule has 0 rings (SSSR count). The fourth-order valence-electron chi connectivity index (χ4n) is 0.873. The monoisotopic (exact) mass is 186 g/mol. The van der Waals surface area contributed by atoms with Crippen LogP contribution in [0.4, 0.5) is 0 Å². The summed E-state index contributed by atoms with van der Waals surface area (Å²) in [5, 5.41) is 8.87. The van der Waals surface area contributed by atoms with Gasteiger partial charge in [0.15, 0.2) is 0 Å². The Morgan fingerprint density at radius 1 is 1.54 bits per heavy atom. The summed E-state index contributed by atoms with van der Waals surface area (Å²) in [5.41, 5.74) is 0. The zero-order chi connectivity index (χ0) is 10.1. The molecule has 13 heavy (non-hydrogen) atoms. The molecule has 0 aromatic carbocycles. The van der Waals surface area contributed by atoms with Gasteiger partial charge in [-0.3, -0.25) is 4.79 Å². The zero-order valence-corrected chi connectivity index (χ0v) is 8.32. The lowest BCUT2D eigenvalue weighted by Crippen LogP contribution is -1.99. The molecule has 0 unspecified atom stereocenters. The van der Waals surface area contributed by atoms with Crippen molar-refractivity contribution in [2.45, 2.75) is 39.2 Å². The van der Waals surface area contributed by atoms with Gasteiger partial charge in [0.1, 0.15) is 0 Å². The second-order valence-corrected chi connectivity index (χ2v) is 3.00. The maximum Gasteiger partial charge on any atom is 0.302 e. The van der Waals surface area contributed by atoms with Gasteiger partial charge in [0.05, 0.1) is 12.7 Å². The number of carbonyl (C=O) groups excluding carboxylic acids is 1. The van der Waals surface area contributed by atoms with E-state index >= 15 is 0 Å². The van der Waals surface area contributed by atoms with E-state index in [1.807, 2.05) is 6.08 Å². The molecule has 76 valence electrons. The normalized spacial score (nSPS) is 13.2. The Morgan fingerprint density at radius 3 is 2.77 bits per heavy atom. The van der Waals surface area contributed by atoms with Crippen molar-refractivity contribution in [2.75, 3.05) is 6.61 Å². The second kappa shape index (κ2) is 7.80. The Kier molecular flexibility index (Phi) is 7.30. The molecule has 0 saturated carbocycles. The largest absolute Gasteiger partial charge is 0.466 e. The van der Waals surface area contributed by atoms with Gasteiger partial charge >= 0.3 is 5.97 Å². The number of unbranched alkanes of at least 4 members (excludes halogenated alkanes) is 2. The number of rotatable bonds is 6. The van der Waals surface area contributed by atoms with Crippen molar-refractivity contribution < 1.29 is 14.6 Å². The minimum Gasteiger partial charge on any atom is -0.466 e. The summed E-state index contributed by atoms with van der Waals surface area (Å²) < 4.78 is 4.76. The van der Waals surface area contributed by atoms with Crippen molar-refractivity contribution in [2.24, 2.45) is 0 Å². The van der Waals surface area contributed by atoms with Crippen molar-refractivity contribution in [3.05, 3.63) is 12.2 Å². The number of hydrogen-bond donors (Lipinski definition) is 1. The highest BCUT2D eigenvalue weighted by Gasteiger charge is 1.91. The third kappa shape index (κ3) is 11.2. The number of allylic oxidation sites excluding steroid dienone is 1. The standard InChI is InChI=1S/C10H18O3/c1-9(11)7-5-3-4-6-8-13-10(2)12/h5,7,9,11H,3-4,6,8H2,1-2H3/t9-/m1/s1. The first kappa shape index (κ1) is 12.2. The first-order valence-electron chi connectivity index (χ1n) is 4.61. The van der Waals surface area contributed by atoms with Gasteiger partial charge in [-0.25, -0.2) is 0 Å². The average Bonchev–Trinajstić information content (AvgIpc) is 2.01. The average molecular weight is 186 g/mol. The highest BCUT2D eigenvalue weighted by molar-refractivity contribution is 5.65. The topological polar surface area (TPSA) is 46.5 Å². The summed E-state index contributed by atoms with van der Waals surface area (Å²) in [4.78, 5) is 10.4. The van der Waals surface area contributed by atoms with Gasteiger partial charge in [0.2, 0.25) is 0 Å². The molecule has 0 radical (unpaired) electrons. The Hall–Kier alpha value is -0.830. The predicted octanol–water partition coefficient (Wildman–Crippen LogP) is 1.66. The molecule has 0 aliphatic rings. The van der Waals surface area contributed by atoms with Crippen LogP contribution in [0.3, 0.4) is 0 Å². The van der Waals surface area contributed by atoms with Crippen LogP contribution in [-0.4, -0.2) is 23.8 Å². The van der Waals surface area contributed by atoms with Gasteiger partial charge in [0.25, 0.3) is 0 Å². The van der Waals surface area contributed by atoms with Gasteiger partial charge in [0, 0.05) is 6.92 Å². The predicted molar refractivity (Wildman–Crippen MR) is 51.3 cm³/mol. The van der Waals surface area contributed by atoms with E-state index in [4.69, 9.17) is 9.84 Å². The summed E-state index contributed by atoms with van der Waals surface area (Å²) in [7, 11) is 0. The molecule has 3 heteroatoms. The van der Waals surface area contributed by atoms with Crippen LogP contribution in [0.5, 0.6) is 0 Å². The number of hydrogen-bond acceptors (Lipinski definition) is 3. The van der Waals surface area contributed by atoms with Gasteiger partial charge in [-0.1, -0.05) is 12.2 Å². The van der Waals surface area contributed by atoms with Gasteiger partial charge in [-0.15, -0.1) is 0 Å². The summed E-state index contributed by atoms with van der Waals surface area (Å²) in [6.45, 7) is 3.63. The number of aliphatic hydroxyl groups excluding tert-OH is 1. The van der Waals surface area contributed by atoms with Gasteiger partial charge in [-0.05, 0) is 26.2 Å². The van der Waals surface area contributed by atoms with Crippen molar-refractivity contribution in [1.29, 1.82) is 0 Å². The molecule has 0 aliphatic heterocycles. The fourth-order valence-corrected chi connectivity index (χ4v) is 0.873. The SMILES string of the molecule is CC(=O)OCCCCC=C[C@@H](C)O. The number of esters is 1. The molecule has 0 saturated heterocycles. The van der Waals surface area contributed by atoms with Gasteiger partial charge in [-0.2, -0.15) is 0 Å². The van der Waals surface area contributed by atoms with Crippen molar-refractivity contribution in [3.8, 4) is 0 Å². The van der Waals surface area contributed by atoms with E-state index < -0.39 is 0 Å². The summed E-state index contributed by atoms with van der Waals surface area (Å²) >= 11 is 0. The smallest absolute Gasteiger partial charge is 0.302 e. The zero-order valence-electron chi connectivity index (χ0n) is 8.32. The molecular formula is C10H18O3. The summed E-state index contributed by atoms with van der Waals surface area (Å²) in [5.74, 6) is -0.223. The van der Waals surface area contributed by atoms with E-state index in [9.17, 15) is 4.79 Å². The Balaban J connectivity index is 3.12. The Morgan fingerprint density at radius 2 is 2.23 bits per heavy atom. The van der Waals surface area contributed by atoms with Crippen LogP contribution in [0, 0.1) is 0 Å². The quantitative estimate of drug-likeness (QED) is 0.390. The highest BCUT2D eigenvalue weighted by Crippen LogP contribution is 1.98. The van der Waals surface area contributed by atoms with E-state index in [1.165, 1.54) is 6.92 Å². The Bertz CT molecular complexity index is 162. The molecule has 3 nitrogen and oxygen atoms in total. The minimum absolute atomic E-state index is 0.223. The van der Waals surface area contributed by atoms with Crippen molar-refractivity contribution in [1.82, 2.24) is 0 Å². The molecule has 0 aliphatic carbocycles. The molecule has 1 atom stereocenters. The van der Waals surface area contributed by atoms with Crippen LogP contribution in [0.1, 0.15) is 33.1 Å². The van der Waals surface area contributed by atoms with Crippen LogP contribution in [0.15, 0.2) is 12.2 Å². The number of ether oxygens (including phenoxy) is 1. The van der Waals surface area contributed by atoms with E-state index in [1.54, 1.807) is 13.0 Å². The molecule has 0 bridgehead atoms. The number of aliphatic hydroxyl groups is 1. The minimum atomic E-state index is -0.367. The maximum atomic E-state index is 10.4. The van der Waals surface area contributed by atoms with Gasteiger partial charge < -0.3 is 9.84 Å². The number of carbonyl (C=O) groups is 1. The first-order chi connectivity index (χ1) is 6.13. The van der Waals surface area contributed by atoms with Crippen LogP contribution in [0.25, 0.3) is 0 Å². The summed E-state index contributed by atoms with van der Waals surface area (Å²) in [6, 6.07) is 0. The van der Waals surface area contributed by atoms with Crippen LogP contribution in [-0.2, 0) is 9.53 Å². The van der Waals surface area contributed by atoms with E-state index in [0.29, 0.717) is 6.61 Å². The lowest BCUT2D eigenvalue weighted by molar-refractivity contribution is -0.141. The first-order valence-corrected chi connectivity index (χ1v) is 4.61. The lowest BCUT2D eigenvalue weighted by atomic mass is 10.2. The molecule has 0 aromatic heterocycles. The highest BCUT2D eigenvalue weighted by atomic mass is 16.5.